The van der Waals surface area contributed by atoms with Crippen molar-refractivity contribution in [2.24, 2.45) is 0 Å². The van der Waals surface area contributed by atoms with Crippen LogP contribution in [-0.4, -0.2) is 28.6 Å². The number of aliphatic hydroxyl groups is 1. The minimum Gasteiger partial charge on any atom is -0.392 e. The van der Waals surface area contributed by atoms with Crippen molar-refractivity contribution in [1.82, 2.24) is 10.3 Å². The summed E-state index contributed by atoms with van der Waals surface area (Å²) in [6.07, 6.45) is -4.39. The van der Waals surface area contributed by atoms with Gasteiger partial charge in [-0.2, -0.15) is 13.2 Å². The molecule has 0 saturated heterocycles. The number of amides is 1. The molecule has 1 unspecified atom stereocenters. The number of aliphatic hydroxyl groups excluding tert-OH is 1. The van der Waals surface area contributed by atoms with Crippen LogP contribution in [0.3, 0.4) is 0 Å². The zero-order chi connectivity index (χ0) is 13.1. The first-order valence-corrected chi connectivity index (χ1v) is 4.80. The number of rotatable bonds is 3. The van der Waals surface area contributed by atoms with Crippen molar-refractivity contribution < 1.29 is 23.1 Å². The van der Waals surface area contributed by atoms with E-state index in [0.29, 0.717) is 0 Å². The van der Waals surface area contributed by atoms with Crippen molar-refractivity contribution >= 4 is 5.91 Å². The topological polar surface area (TPSA) is 62.2 Å². The van der Waals surface area contributed by atoms with Crippen LogP contribution in [0.15, 0.2) is 18.3 Å². The highest BCUT2D eigenvalue weighted by Gasteiger charge is 2.32. The van der Waals surface area contributed by atoms with Crippen molar-refractivity contribution in [2.75, 3.05) is 6.54 Å². The van der Waals surface area contributed by atoms with E-state index in [4.69, 9.17) is 5.11 Å². The molecule has 7 heteroatoms. The monoisotopic (exact) mass is 248 g/mol. The highest BCUT2D eigenvalue weighted by Crippen LogP contribution is 2.27. The molecule has 1 amide bonds. The Morgan fingerprint density at radius 1 is 1.53 bits per heavy atom. The molecule has 0 aliphatic heterocycles. The SMILES string of the molecule is CC(O)CNC(=O)c1ccc(C(F)(F)F)nc1. The normalized spacial score (nSPS) is 13.2. The quantitative estimate of drug-likeness (QED) is 0.845. The average molecular weight is 248 g/mol. The van der Waals surface area contributed by atoms with Crippen LogP contribution < -0.4 is 5.32 Å². The molecule has 0 aliphatic carbocycles. The van der Waals surface area contributed by atoms with Crippen molar-refractivity contribution in [2.45, 2.75) is 19.2 Å². The van der Waals surface area contributed by atoms with E-state index in [9.17, 15) is 18.0 Å². The molecule has 0 aromatic carbocycles. The van der Waals surface area contributed by atoms with Gasteiger partial charge in [-0.1, -0.05) is 0 Å². The predicted octanol–water partition coefficient (Wildman–Crippen LogP) is 1.21. The third-order valence-corrected chi connectivity index (χ3v) is 1.87. The Hall–Kier alpha value is -1.63. The Morgan fingerprint density at radius 2 is 2.18 bits per heavy atom. The lowest BCUT2D eigenvalue weighted by Gasteiger charge is -2.08. The smallest absolute Gasteiger partial charge is 0.392 e. The molecule has 4 nitrogen and oxygen atoms in total. The Balaban J connectivity index is 2.71. The molecule has 0 aliphatic rings. The van der Waals surface area contributed by atoms with E-state index in [-0.39, 0.29) is 12.1 Å². The molecule has 0 fully saturated rings. The number of nitrogens with one attached hydrogen (secondary N) is 1. The summed E-state index contributed by atoms with van der Waals surface area (Å²) in [5, 5.41) is 11.3. The van der Waals surface area contributed by atoms with E-state index < -0.39 is 23.9 Å². The maximum Gasteiger partial charge on any atom is 0.433 e. The van der Waals surface area contributed by atoms with Crippen molar-refractivity contribution in [3.05, 3.63) is 29.6 Å². The predicted molar refractivity (Wildman–Crippen MR) is 53.3 cm³/mol. The Bertz CT molecular complexity index is 388. The van der Waals surface area contributed by atoms with Crippen LogP contribution in [0, 0.1) is 0 Å². The fourth-order valence-electron chi connectivity index (χ4n) is 1.04. The second kappa shape index (κ2) is 5.13. The second-order valence-corrected chi connectivity index (χ2v) is 3.49. The molecule has 1 heterocycles. The molecule has 17 heavy (non-hydrogen) atoms. The van der Waals surface area contributed by atoms with Gasteiger partial charge < -0.3 is 10.4 Å². The first kappa shape index (κ1) is 13.4. The van der Waals surface area contributed by atoms with Crippen LogP contribution in [-0.2, 0) is 6.18 Å². The minimum atomic E-state index is -4.52. The molecule has 0 radical (unpaired) electrons. The van der Waals surface area contributed by atoms with E-state index in [1.54, 1.807) is 0 Å². The van der Waals surface area contributed by atoms with Crippen LogP contribution in [0.2, 0.25) is 0 Å². The van der Waals surface area contributed by atoms with E-state index in [0.717, 1.165) is 18.3 Å². The van der Waals surface area contributed by atoms with Gasteiger partial charge in [-0.3, -0.25) is 9.78 Å². The summed E-state index contributed by atoms with van der Waals surface area (Å²) in [6.45, 7) is 1.51. The standard InChI is InChI=1S/C10H11F3N2O2/c1-6(16)4-15-9(17)7-2-3-8(14-5-7)10(11,12)13/h2-3,5-6,16H,4H2,1H3,(H,15,17). The number of hydrogen-bond donors (Lipinski definition) is 2. The summed E-state index contributed by atoms with van der Waals surface area (Å²) in [4.78, 5) is 14.5. The van der Waals surface area contributed by atoms with Gasteiger partial charge in [0, 0.05) is 12.7 Å². The van der Waals surface area contributed by atoms with Crippen molar-refractivity contribution in [1.29, 1.82) is 0 Å². The highest BCUT2D eigenvalue weighted by atomic mass is 19.4. The molecular weight excluding hydrogens is 237 g/mol. The first-order chi connectivity index (χ1) is 7.80. The van der Waals surface area contributed by atoms with Crippen LogP contribution >= 0.6 is 0 Å². The van der Waals surface area contributed by atoms with Gasteiger partial charge in [0.1, 0.15) is 5.69 Å². The Morgan fingerprint density at radius 3 is 2.59 bits per heavy atom. The first-order valence-electron chi connectivity index (χ1n) is 4.80. The number of pyridine rings is 1. The summed E-state index contributed by atoms with van der Waals surface area (Å²) < 4.78 is 36.5. The lowest BCUT2D eigenvalue weighted by molar-refractivity contribution is -0.141. The number of nitrogens with zero attached hydrogens (tertiary/aromatic N) is 1. The zero-order valence-electron chi connectivity index (χ0n) is 8.95. The number of carbonyl (C=O) groups is 1. The van der Waals surface area contributed by atoms with Crippen LogP contribution in [0.4, 0.5) is 13.2 Å². The van der Waals surface area contributed by atoms with Gasteiger partial charge in [-0.05, 0) is 19.1 Å². The van der Waals surface area contributed by atoms with Gasteiger partial charge in [0.05, 0.1) is 11.7 Å². The van der Waals surface area contributed by atoms with E-state index >= 15 is 0 Å². The largest absolute Gasteiger partial charge is 0.433 e. The third-order valence-electron chi connectivity index (χ3n) is 1.87. The van der Waals surface area contributed by atoms with E-state index in [2.05, 4.69) is 10.3 Å². The number of carbonyl (C=O) groups excluding carboxylic acids is 1. The van der Waals surface area contributed by atoms with Crippen LogP contribution in [0.1, 0.15) is 23.0 Å². The van der Waals surface area contributed by atoms with Crippen LogP contribution in [0.25, 0.3) is 0 Å². The Kier molecular flexibility index (Phi) is 4.06. The lowest BCUT2D eigenvalue weighted by atomic mass is 10.2. The van der Waals surface area contributed by atoms with Crippen LogP contribution in [0.5, 0.6) is 0 Å². The molecule has 0 saturated carbocycles. The number of aromatic nitrogens is 1. The van der Waals surface area contributed by atoms with Gasteiger partial charge >= 0.3 is 6.18 Å². The van der Waals surface area contributed by atoms with Crippen molar-refractivity contribution in [3.8, 4) is 0 Å². The summed E-state index contributed by atoms with van der Waals surface area (Å²) in [7, 11) is 0. The zero-order valence-corrected chi connectivity index (χ0v) is 8.95. The van der Waals surface area contributed by atoms with Gasteiger partial charge in [0.25, 0.3) is 5.91 Å². The maximum absolute atomic E-state index is 12.2. The highest BCUT2D eigenvalue weighted by molar-refractivity contribution is 5.93. The summed E-state index contributed by atoms with van der Waals surface area (Å²) in [5.41, 5.74) is -1.04. The molecule has 1 atom stereocenters. The third kappa shape index (κ3) is 4.03. The number of hydrogen-bond acceptors (Lipinski definition) is 3. The van der Waals surface area contributed by atoms with Gasteiger partial charge in [0.15, 0.2) is 0 Å². The van der Waals surface area contributed by atoms with Crippen molar-refractivity contribution in [3.63, 3.8) is 0 Å². The van der Waals surface area contributed by atoms with Gasteiger partial charge in [0.2, 0.25) is 0 Å². The molecule has 0 spiro atoms. The van der Waals surface area contributed by atoms with Gasteiger partial charge in [-0.25, -0.2) is 0 Å². The summed E-state index contributed by atoms with van der Waals surface area (Å²) in [6, 6.07) is 1.77. The minimum absolute atomic E-state index is 0.0126. The molecule has 0 bridgehead atoms. The van der Waals surface area contributed by atoms with E-state index in [1.165, 1.54) is 6.92 Å². The molecule has 94 valence electrons. The number of halogens is 3. The molecular formula is C10H11F3N2O2. The fraction of sp³-hybridized carbons (Fsp3) is 0.400. The fourth-order valence-corrected chi connectivity index (χ4v) is 1.04. The Labute approximate surface area is 95.5 Å². The molecule has 2 N–H and O–H groups in total. The maximum atomic E-state index is 12.2. The number of alkyl halides is 3. The van der Waals surface area contributed by atoms with E-state index in [1.807, 2.05) is 0 Å². The average Bonchev–Trinajstić information content (AvgIpc) is 2.25. The molecule has 1 rings (SSSR count). The lowest BCUT2D eigenvalue weighted by Crippen LogP contribution is -2.30. The van der Waals surface area contributed by atoms with Gasteiger partial charge in [-0.15, -0.1) is 0 Å². The summed E-state index contributed by atoms with van der Waals surface area (Å²) in [5.74, 6) is -0.577. The summed E-state index contributed by atoms with van der Waals surface area (Å²) >= 11 is 0. The molecule has 1 aromatic heterocycles. The second-order valence-electron chi connectivity index (χ2n) is 3.49. The molecule has 1 aromatic rings.